The normalized spacial score (nSPS) is 9.88. The van der Waals surface area contributed by atoms with Crippen molar-refractivity contribution in [1.82, 2.24) is 0 Å². The average molecular weight is 267 g/mol. The largest absolute Gasteiger partial charge is 0.425 e. The summed E-state index contributed by atoms with van der Waals surface area (Å²) < 4.78 is 55.5. The minimum Gasteiger partial charge on any atom is -0.387 e. The lowest BCUT2D eigenvalue weighted by molar-refractivity contribution is 0.483. The van der Waals surface area contributed by atoms with E-state index in [4.69, 9.17) is 17.2 Å². The molecule has 0 heterocycles. The van der Waals surface area contributed by atoms with Crippen LogP contribution in [-0.2, 0) is 20.7 Å². The van der Waals surface area contributed by atoms with Gasteiger partial charge in [0, 0.05) is 7.05 Å². The first-order valence-electron chi connectivity index (χ1n) is 3.80. The molecular formula is C7H9NO6S2. The summed E-state index contributed by atoms with van der Waals surface area (Å²) in [6.07, 6.45) is 0. The SMILES string of the molecule is CNc1ccccc1S(=O)(=O)O.O=S(=O)=O. The highest BCUT2D eigenvalue weighted by Gasteiger charge is 2.12. The maximum Gasteiger partial charge on any atom is 0.425 e. The second kappa shape index (κ2) is 6.20. The van der Waals surface area contributed by atoms with E-state index in [1.165, 1.54) is 6.07 Å². The minimum absolute atomic E-state index is 0.104. The maximum atomic E-state index is 10.7. The Kier molecular flexibility index (Phi) is 5.64. The van der Waals surface area contributed by atoms with Crippen LogP contribution in [0.4, 0.5) is 5.69 Å². The molecule has 0 aliphatic carbocycles. The van der Waals surface area contributed by atoms with Crippen LogP contribution < -0.4 is 5.32 Å². The van der Waals surface area contributed by atoms with E-state index < -0.39 is 20.7 Å². The summed E-state index contributed by atoms with van der Waals surface area (Å²) in [5, 5.41) is 2.66. The molecule has 1 aromatic rings. The molecule has 0 bridgehead atoms. The Morgan fingerprint density at radius 1 is 1.19 bits per heavy atom. The molecule has 0 aliphatic rings. The predicted octanol–water partition coefficient (Wildman–Crippen LogP) is -0.0291. The van der Waals surface area contributed by atoms with Crippen LogP contribution in [0.2, 0.25) is 0 Å². The van der Waals surface area contributed by atoms with E-state index in [1.807, 2.05) is 0 Å². The number of benzene rings is 1. The molecular weight excluding hydrogens is 258 g/mol. The monoisotopic (exact) mass is 267 g/mol. The number of hydrogen-bond donors (Lipinski definition) is 2. The molecule has 0 saturated carbocycles. The molecule has 7 nitrogen and oxygen atoms in total. The van der Waals surface area contributed by atoms with Gasteiger partial charge in [-0.1, -0.05) is 12.1 Å². The first-order chi connectivity index (χ1) is 7.29. The van der Waals surface area contributed by atoms with Crippen molar-refractivity contribution in [1.29, 1.82) is 0 Å². The van der Waals surface area contributed by atoms with E-state index in [0.717, 1.165) is 0 Å². The molecule has 0 fully saturated rings. The van der Waals surface area contributed by atoms with Gasteiger partial charge in [0.2, 0.25) is 0 Å². The van der Waals surface area contributed by atoms with Gasteiger partial charge in [-0.05, 0) is 12.1 Å². The summed E-state index contributed by atoms with van der Waals surface area (Å²) in [5.41, 5.74) is 0.389. The number of hydrogen-bond acceptors (Lipinski definition) is 6. The molecule has 16 heavy (non-hydrogen) atoms. The van der Waals surface area contributed by atoms with Crippen molar-refractivity contribution in [2.24, 2.45) is 0 Å². The summed E-state index contributed by atoms with van der Waals surface area (Å²) >= 11 is 0. The molecule has 0 spiro atoms. The summed E-state index contributed by atoms with van der Waals surface area (Å²) in [4.78, 5) is -0.104. The van der Waals surface area contributed by atoms with Gasteiger partial charge < -0.3 is 5.32 Å². The van der Waals surface area contributed by atoms with Gasteiger partial charge in [-0.2, -0.15) is 8.42 Å². The van der Waals surface area contributed by atoms with Crippen molar-refractivity contribution in [3.63, 3.8) is 0 Å². The van der Waals surface area contributed by atoms with Crippen molar-refractivity contribution in [3.05, 3.63) is 24.3 Å². The molecule has 0 aliphatic heterocycles. The van der Waals surface area contributed by atoms with Gasteiger partial charge in [-0.25, -0.2) is 0 Å². The third kappa shape index (κ3) is 5.44. The van der Waals surface area contributed by atoms with Crippen LogP contribution in [0.3, 0.4) is 0 Å². The molecule has 0 amide bonds. The fourth-order valence-corrected chi connectivity index (χ4v) is 1.60. The Labute approximate surface area is 93.9 Å². The molecule has 0 saturated heterocycles. The zero-order valence-corrected chi connectivity index (χ0v) is 9.75. The third-order valence-electron chi connectivity index (χ3n) is 1.43. The quantitative estimate of drug-likeness (QED) is 0.722. The van der Waals surface area contributed by atoms with E-state index in [2.05, 4.69) is 5.32 Å². The van der Waals surface area contributed by atoms with E-state index in [1.54, 1.807) is 25.2 Å². The highest BCUT2D eigenvalue weighted by molar-refractivity contribution is 7.86. The van der Waals surface area contributed by atoms with Crippen LogP contribution in [0.25, 0.3) is 0 Å². The second-order valence-corrected chi connectivity index (χ2v) is 4.22. The van der Waals surface area contributed by atoms with Gasteiger partial charge in [0.1, 0.15) is 4.90 Å². The van der Waals surface area contributed by atoms with E-state index >= 15 is 0 Å². The molecule has 1 aromatic carbocycles. The second-order valence-electron chi connectivity index (χ2n) is 2.43. The summed E-state index contributed by atoms with van der Waals surface area (Å²) in [6.45, 7) is 0. The van der Waals surface area contributed by atoms with Gasteiger partial charge in [0.25, 0.3) is 10.1 Å². The van der Waals surface area contributed by atoms with E-state index in [9.17, 15) is 8.42 Å². The summed E-state index contributed by atoms with van der Waals surface area (Å²) in [7, 11) is -5.63. The van der Waals surface area contributed by atoms with E-state index in [-0.39, 0.29) is 4.90 Å². The van der Waals surface area contributed by atoms with Crippen LogP contribution in [-0.4, -0.2) is 32.6 Å². The van der Waals surface area contributed by atoms with Crippen LogP contribution in [0, 0.1) is 0 Å². The Bertz CT molecular complexity index is 541. The van der Waals surface area contributed by atoms with Gasteiger partial charge in [0.15, 0.2) is 0 Å². The zero-order chi connectivity index (χ0) is 12.8. The van der Waals surface area contributed by atoms with Crippen molar-refractivity contribution < 1.29 is 25.6 Å². The molecule has 9 heteroatoms. The van der Waals surface area contributed by atoms with Crippen molar-refractivity contribution >= 4 is 26.4 Å². The number of rotatable bonds is 2. The number of nitrogens with one attached hydrogen (secondary N) is 1. The molecule has 2 N–H and O–H groups in total. The molecule has 0 unspecified atom stereocenters. The van der Waals surface area contributed by atoms with Gasteiger partial charge in [-0.15, -0.1) is 12.6 Å². The van der Waals surface area contributed by atoms with Gasteiger partial charge in [0.05, 0.1) is 5.69 Å². The van der Waals surface area contributed by atoms with Crippen molar-refractivity contribution in [2.75, 3.05) is 12.4 Å². The van der Waals surface area contributed by atoms with Crippen molar-refractivity contribution in [3.8, 4) is 0 Å². The first kappa shape index (κ1) is 14.6. The van der Waals surface area contributed by atoms with Crippen LogP contribution in [0.15, 0.2) is 29.2 Å². The average Bonchev–Trinajstić information content (AvgIpc) is 2.15. The highest BCUT2D eigenvalue weighted by Crippen LogP contribution is 2.18. The van der Waals surface area contributed by atoms with Gasteiger partial charge in [-0.3, -0.25) is 4.55 Å². The molecule has 90 valence electrons. The summed E-state index contributed by atoms with van der Waals surface area (Å²) in [5.74, 6) is 0. The van der Waals surface area contributed by atoms with Crippen LogP contribution >= 0.6 is 0 Å². The van der Waals surface area contributed by atoms with Crippen LogP contribution in [0.1, 0.15) is 0 Å². The molecule has 1 rings (SSSR count). The summed E-state index contributed by atoms with van der Waals surface area (Å²) in [6, 6.07) is 6.13. The van der Waals surface area contributed by atoms with E-state index in [0.29, 0.717) is 5.69 Å². The lowest BCUT2D eigenvalue weighted by Crippen LogP contribution is -2.02. The standard InChI is InChI=1S/C7H9NO3S.O3S/c1-8-6-4-2-3-5-7(6)12(9,10)11;1-4(2)3/h2-5,8H,1H3,(H,9,10,11);. The minimum atomic E-state index is -4.11. The Morgan fingerprint density at radius 3 is 1.94 bits per heavy atom. The molecule has 0 atom stereocenters. The fourth-order valence-electron chi connectivity index (χ4n) is 0.898. The van der Waals surface area contributed by atoms with Gasteiger partial charge >= 0.3 is 10.6 Å². The predicted molar refractivity (Wildman–Crippen MR) is 55.5 cm³/mol. The Hall–Kier alpha value is -1.45. The lowest BCUT2D eigenvalue weighted by atomic mass is 10.3. The molecule has 0 radical (unpaired) electrons. The smallest absolute Gasteiger partial charge is 0.387 e. The first-order valence-corrected chi connectivity index (χ1v) is 6.24. The van der Waals surface area contributed by atoms with Crippen LogP contribution in [0.5, 0.6) is 0 Å². The Balaban J connectivity index is 0.000000487. The zero-order valence-electron chi connectivity index (χ0n) is 8.11. The topological polar surface area (TPSA) is 118 Å². The molecule has 0 aromatic heterocycles. The maximum absolute atomic E-state index is 10.7. The van der Waals surface area contributed by atoms with Crippen molar-refractivity contribution in [2.45, 2.75) is 4.90 Å². The lowest BCUT2D eigenvalue weighted by Gasteiger charge is -2.04. The third-order valence-corrected chi connectivity index (χ3v) is 2.35. The number of para-hydroxylation sites is 1. The fraction of sp³-hybridized carbons (Fsp3) is 0.143. The highest BCUT2D eigenvalue weighted by atomic mass is 32.2. The Morgan fingerprint density at radius 2 is 1.62 bits per heavy atom. The number of anilines is 1.